The summed E-state index contributed by atoms with van der Waals surface area (Å²) in [7, 11) is -3.47. The molecule has 24 heavy (non-hydrogen) atoms. The summed E-state index contributed by atoms with van der Waals surface area (Å²) >= 11 is 0. The second-order valence-corrected chi connectivity index (χ2v) is 8.47. The van der Waals surface area contributed by atoms with Crippen LogP contribution in [-0.2, 0) is 14.8 Å². The first-order chi connectivity index (χ1) is 11.5. The SMILES string of the molecule is Cc1cccc(S(=O)(=O)N2CCN(C(=O)[C@@H]3CC=CCC3)CC2)c1. The number of rotatable bonds is 3. The van der Waals surface area contributed by atoms with Gasteiger partial charge in [-0.3, -0.25) is 4.79 Å². The van der Waals surface area contributed by atoms with Crippen LogP contribution in [0.25, 0.3) is 0 Å². The van der Waals surface area contributed by atoms with Gasteiger partial charge in [0.2, 0.25) is 15.9 Å². The molecule has 1 fully saturated rings. The van der Waals surface area contributed by atoms with E-state index in [-0.39, 0.29) is 11.8 Å². The van der Waals surface area contributed by atoms with E-state index in [2.05, 4.69) is 12.2 Å². The molecule has 1 aliphatic heterocycles. The normalized spacial score (nSPS) is 22.5. The minimum Gasteiger partial charge on any atom is -0.340 e. The Morgan fingerprint density at radius 2 is 1.88 bits per heavy atom. The zero-order chi connectivity index (χ0) is 17.2. The van der Waals surface area contributed by atoms with Gasteiger partial charge in [-0.05, 0) is 43.9 Å². The van der Waals surface area contributed by atoms with Crippen molar-refractivity contribution < 1.29 is 13.2 Å². The number of allylic oxidation sites excluding steroid dienone is 2. The molecule has 0 aromatic heterocycles. The zero-order valence-corrected chi connectivity index (χ0v) is 14.8. The maximum atomic E-state index is 12.7. The Labute approximate surface area is 144 Å². The van der Waals surface area contributed by atoms with Gasteiger partial charge in [0.1, 0.15) is 0 Å². The average molecular weight is 348 g/mol. The third-order valence-corrected chi connectivity index (χ3v) is 6.69. The quantitative estimate of drug-likeness (QED) is 0.787. The molecule has 6 heteroatoms. The standard InChI is InChI=1S/C18H24N2O3S/c1-15-6-5-9-17(14-15)24(22,23)20-12-10-19(11-13-20)18(21)16-7-3-2-4-8-16/h2-3,5-6,9,14,16H,4,7-8,10-13H2,1H3/t16-/m1/s1. The lowest BCUT2D eigenvalue weighted by atomic mass is 9.93. The topological polar surface area (TPSA) is 57.7 Å². The molecule has 1 aromatic carbocycles. The van der Waals surface area contributed by atoms with Gasteiger partial charge in [-0.15, -0.1) is 0 Å². The summed E-state index contributed by atoms with van der Waals surface area (Å²) in [6.45, 7) is 3.57. The van der Waals surface area contributed by atoms with Crippen LogP contribution >= 0.6 is 0 Å². The predicted octanol–water partition coefficient (Wildman–Crippen LogP) is 2.18. The Morgan fingerprint density at radius 1 is 1.12 bits per heavy atom. The number of carbonyl (C=O) groups excluding carboxylic acids is 1. The van der Waals surface area contributed by atoms with Crippen LogP contribution in [0.15, 0.2) is 41.3 Å². The fourth-order valence-electron chi connectivity index (χ4n) is 3.35. The number of hydrogen-bond acceptors (Lipinski definition) is 3. The van der Waals surface area contributed by atoms with E-state index < -0.39 is 10.0 Å². The van der Waals surface area contributed by atoms with Crippen LogP contribution in [0.4, 0.5) is 0 Å². The molecule has 1 amide bonds. The maximum absolute atomic E-state index is 12.7. The zero-order valence-electron chi connectivity index (χ0n) is 14.0. The van der Waals surface area contributed by atoms with E-state index in [4.69, 9.17) is 0 Å². The highest BCUT2D eigenvalue weighted by molar-refractivity contribution is 7.89. The number of piperazine rings is 1. The molecule has 0 spiro atoms. The van der Waals surface area contributed by atoms with Crippen molar-refractivity contribution in [1.29, 1.82) is 0 Å². The third kappa shape index (κ3) is 3.54. The number of amides is 1. The fraction of sp³-hybridized carbons (Fsp3) is 0.500. The highest BCUT2D eigenvalue weighted by Crippen LogP contribution is 2.23. The Bertz CT molecular complexity index is 734. The molecule has 1 aliphatic carbocycles. The molecule has 0 N–H and O–H groups in total. The van der Waals surface area contributed by atoms with Crippen LogP contribution in [0.3, 0.4) is 0 Å². The Kier molecular flexibility index (Phi) is 5.06. The Morgan fingerprint density at radius 3 is 2.50 bits per heavy atom. The van der Waals surface area contributed by atoms with Gasteiger partial charge in [-0.1, -0.05) is 24.3 Å². The fourth-order valence-corrected chi connectivity index (χ4v) is 4.88. The second-order valence-electron chi connectivity index (χ2n) is 6.53. The summed E-state index contributed by atoms with van der Waals surface area (Å²) in [5.41, 5.74) is 0.926. The number of hydrogen-bond donors (Lipinski definition) is 0. The summed E-state index contributed by atoms with van der Waals surface area (Å²) in [5.74, 6) is 0.238. The molecule has 1 aromatic rings. The van der Waals surface area contributed by atoms with Crippen molar-refractivity contribution in [2.45, 2.75) is 31.1 Å². The molecule has 1 saturated heterocycles. The second kappa shape index (κ2) is 7.07. The lowest BCUT2D eigenvalue weighted by molar-refractivity contribution is -0.137. The highest BCUT2D eigenvalue weighted by atomic mass is 32.2. The first-order valence-corrected chi connectivity index (χ1v) is 9.93. The Hall–Kier alpha value is -1.66. The molecule has 130 valence electrons. The number of nitrogens with zero attached hydrogens (tertiary/aromatic N) is 2. The smallest absolute Gasteiger partial charge is 0.243 e. The number of aryl methyl sites for hydroxylation is 1. The average Bonchev–Trinajstić information content (AvgIpc) is 2.62. The van der Waals surface area contributed by atoms with Crippen LogP contribution in [0.5, 0.6) is 0 Å². The molecule has 0 saturated carbocycles. The molecule has 2 aliphatic rings. The van der Waals surface area contributed by atoms with Gasteiger partial charge >= 0.3 is 0 Å². The van der Waals surface area contributed by atoms with Gasteiger partial charge in [0.05, 0.1) is 4.90 Å². The molecule has 1 atom stereocenters. The first-order valence-electron chi connectivity index (χ1n) is 8.49. The highest BCUT2D eigenvalue weighted by Gasteiger charge is 2.32. The molecule has 0 bridgehead atoms. The van der Waals surface area contributed by atoms with Crippen molar-refractivity contribution in [1.82, 2.24) is 9.21 Å². The van der Waals surface area contributed by atoms with E-state index in [9.17, 15) is 13.2 Å². The van der Waals surface area contributed by atoms with Crippen molar-refractivity contribution in [3.63, 3.8) is 0 Å². The van der Waals surface area contributed by atoms with E-state index in [1.165, 1.54) is 4.31 Å². The van der Waals surface area contributed by atoms with Crippen molar-refractivity contribution in [2.75, 3.05) is 26.2 Å². The van der Waals surface area contributed by atoms with Gasteiger partial charge < -0.3 is 4.90 Å². The third-order valence-electron chi connectivity index (χ3n) is 4.80. The molecule has 0 radical (unpaired) electrons. The van der Waals surface area contributed by atoms with E-state index in [1.54, 1.807) is 18.2 Å². The van der Waals surface area contributed by atoms with E-state index in [0.717, 1.165) is 24.8 Å². The van der Waals surface area contributed by atoms with Crippen LogP contribution < -0.4 is 0 Å². The Balaban J connectivity index is 1.64. The molecule has 3 rings (SSSR count). The predicted molar refractivity (Wildman–Crippen MR) is 93.0 cm³/mol. The van der Waals surface area contributed by atoms with Crippen molar-refractivity contribution in [2.24, 2.45) is 5.92 Å². The monoisotopic (exact) mass is 348 g/mol. The summed E-state index contributed by atoms with van der Waals surface area (Å²) in [5, 5.41) is 0. The molecule has 5 nitrogen and oxygen atoms in total. The minimum absolute atomic E-state index is 0.0648. The van der Waals surface area contributed by atoms with Gasteiger partial charge in [0.15, 0.2) is 0 Å². The number of benzene rings is 1. The summed E-state index contributed by atoms with van der Waals surface area (Å²) in [6, 6.07) is 6.97. The van der Waals surface area contributed by atoms with Gasteiger partial charge in [-0.25, -0.2) is 8.42 Å². The van der Waals surface area contributed by atoms with Crippen LogP contribution in [-0.4, -0.2) is 49.7 Å². The first kappa shape index (κ1) is 17.2. The summed E-state index contributed by atoms with van der Waals surface area (Å²) in [6.07, 6.45) is 6.86. The molecule has 1 heterocycles. The molecular weight excluding hydrogens is 324 g/mol. The largest absolute Gasteiger partial charge is 0.340 e. The molecular formula is C18H24N2O3S. The number of carbonyl (C=O) groups is 1. The summed E-state index contributed by atoms with van der Waals surface area (Å²) < 4.78 is 27.0. The maximum Gasteiger partial charge on any atom is 0.243 e. The molecule has 0 unspecified atom stereocenters. The lowest BCUT2D eigenvalue weighted by Gasteiger charge is -2.36. The summed E-state index contributed by atoms with van der Waals surface area (Å²) in [4.78, 5) is 14.7. The van der Waals surface area contributed by atoms with Gasteiger partial charge in [-0.2, -0.15) is 4.31 Å². The van der Waals surface area contributed by atoms with Crippen LogP contribution in [0.2, 0.25) is 0 Å². The van der Waals surface area contributed by atoms with Crippen LogP contribution in [0, 0.1) is 12.8 Å². The van der Waals surface area contributed by atoms with Crippen molar-refractivity contribution >= 4 is 15.9 Å². The van der Waals surface area contributed by atoms with E-state index in [1.807, 2.05) is 17.9 Å². The van der Waals surface area contributed by atoms with Gasteiger partial charge in [0.25, 0.3) is 0 Å². The van der Waals surface area contributed by atoms with Gasteiger partial charge in [0, 0.05) is 32.1 Å². The van der Waals surface area contributed by atoms with E-state index in [0.29, 0.717) is 31.1 Å². The lowest BCUT2D eigenvalue weighted by Crippen LogP contribution is -2.51. The van der Waals surface area contributed by atoms with Crippen LogP contribution in [0.1, 0.15) is 24.8 Å². The minimum atomic E-state index is -3.47. The van der Waals surface area contributed by atoms with Crippen molar-refractivity contribution in [3.8, 4) is 0 Å². The van der Waals surface area contributed by atoms with E-state index >= 15 is 0 Å². The van der Waals surface area contributed by atoms with Crippen molar-refractivity contribution in [3.05, 3.63) is 42.0 Å². The number of sulfonamides is 1.